The molecule has 0 unspecified atom stereocenters. The van der Waals surface area contributed by atoms with Crippen molar-refractivity contribution < 1.29 is 14.1 Å². The number of ether oxygens (including phenoxy) is 1. The van der Waals surface area contributed by atoms with Crippen LogP contribution in [0.5, 0.6) is 5.75 Å². The van der Waals surface area contributed by atoms with Crippen LogP contribution < -0.4 is 10.1 Å². The maximum atomic E-state index is 12.2. The average Bonchev–Trinajstić information content (AvgIpc) is 2.78. The van der Waals surface area contributed by atoms with Crippen LogP contribution in [0.3, 0.4) is 0 Å². The number of carbonyl (C=O) groups is 1. The molecule has 1 aromatic heterocycles. The molecule has 0 bridgehead atoms. The Bertz CT molecular complexity index is 600. The zero-order valence-corrected chi connectivity index (χ0v) is 12.1. The van der Waals surface area contributed by atoms with Gasteiger partial charge < -0.3 is 14.6 Å². The van der Waals surface area contributed by atoms with Gasteiger partial charge in [0.05, 0.1) is 18.8 Å². The number of rotatable bonds is 4. The van der Waals surface area contributed by atoms with Crippen LogP contribution in [0.4, 0.5) is 0 Å². The van der Waals surface area contributed by atoms with E-state index in [0.717, 1.165) is 11.3 Å². The van der Waals surface area contributed by atoms with Crippen LogP contribution >= 0.6 is 0 Å². The van der Waals surface area contributed by atoms with Gasteiger partial charge in [0.15, 0.2) is 0 Å². The molecule has 1 atom stereocenters. The van der Waals surface area contributed by atoms with Crippen LogP contribution in [0.15, 0.2) is 28.8 Å². The zero-order chi connectivity index (χ0) is 14.7. The number of methoxy groups -OCH3 is 1. The zero-order valence-electron chi connectivity index (χ0n) is 12.1. The van der Waals surface area contributed by atoms with Crippen LogP contribution in [0.2, 0.25) is 0 Å². The molecule has 0 aliphatic heterocycles. The van der Waals surface area contributed by atoms with Gasteiger partial charge in [-0.25, -0.2) is 0 Å². The quantitative estimate of drug-likeness (QED) is 0.931. The normalized spacial score (nSPS) is 12.0. The summed E-state index contributed by atoms with van der Waals surface area (Å²) >= 11 is 0. The lowest BCUT2D eigenvalue weighted by atomic mass is 10.1. The monoisotopic (exact) mass is 274 g/mol. The van der Waals surface area contributed by atoms with Crippen molar-refractivity contribution in [2.24, 2.45) is 0 Å². The number of hydrogen-bond donors (Lipinski definition) is 1. The van der Waals surface area contributed by atoms with E-state index in [1.165, 1.54) is 0 Å². The van der Waals surface area contributed by atoms with Crippen LogP contribution in [0.25, 0.3) is 0 Å². The molecule has 5 heteroatoms. The first-order valence-electron chi connectivity index (χ1n) is 6.40. The first-order chi connectivity index (χ1) is 9.52. The largest absolute Gasteiger partial charge is 0.497 e. The fraction of sp³-hybridized carbons (Fsp3) is 0.333. The summed E-state index contributed by atoms with van der Waals surface area (Å²) in [6.45, 7) is 5.40. The van der Waals surface area contributed by atoms with Crippen molar-refractivity contribution in [1.29, 1.82) is 0 Å². The molecule has 2 aromatic rings. The SMILES string of the molecule is COc1cccc([C@H](C)NC(=O)c2c(C)noc2C)c1. The molecular formula is C15H18N2O3. The summed E-state index contributed by atoms with van der Waals surface area (Å²) in [6.07, 6.45) is 0. The molecular weight excluding hydrogens is 256 g/mol. The summed E-state index contributed by atoms with van der Waals surface area (Å²) in [5.41, 5.74) is 2.07. The van der Waals surface area contributed by atoms with E-state index in [1.54, 1.807) is 21.0 Å². The first-order valence-corrected chi connectivity index (χ1v) is 6.40. The Balaban J connectivity index is 2.15. The van der Waals surface area contributed by atoms with Crippen LogP contribution in [0.1, 0.15) is 40.3 Å². The van der Waals surface area contributed by atoms with Gasteiger partial charge in [-0.2, -0.15) is 0 Å². The number of nitrogens with zero attached hydrogens (tertiary/aromatic N) is 1. The Labute approximate surface area is 117 Å². The Hall–Kier alpha value is -2.30. The third-order valence-corrected chi connectivity index (χ3v) is 3.20. The van der Waals surface area contributed by atoms with E-state index in [4.69, 9.17) is 9.26 Å². The minimum absolute atomic E-state index is 0.133. The summed E-state index contributed by atoms with van der Waals surface area (Å²) in [5.74, 6) is 1.11. The molecule has 106 valence electrons. The van der Waals surface area contributed by atoms with E-state index in [0.29, 0.717) is 17.0 Å². The van der Waals surface area contributed by atoms with Gasteiger partial charge in [0, 0.05) is 0 Å². The van der Waals surface area contributed by atoms with Gasteiger partial charge in [0.2, 0.25) is 0 Å². The molecule has 20 heavy (non-hydrogen) atoms. The third kappa shape index (κ3) is 2.82. The van der Waals surface area contributed by atoms with Gasteiger partial charge in [0.1, 0.15) is 17.1 Å². The molecule has 2 rings (SSSR count). The fourth-order valence-corrected chi connectivity index (χ4v) is 2.07. The number of benzene rings is 1. The molecule has 1 aromatic carbocycles. The van der Waals surface area contributed by atoms with E-state index in [9.17, 15) is 4.79 Å². The van der Waals surface area contributed by atoms with Crippen molar-refractivity contribution in [3.63, 3.8) is 0 Å². The predicted molar refractivity (Wildman–Crippen MR) is 74.9 cm³/mol. The van der Waals surface area contributed by atoms with Crippen molar-refractivity contribution >= 4 is 5.91 Å². The van der Waals surface area contributed by atoms with E-state index in [-0.39, 0.29) is 11.9 Å². The summed E-state index contributed by atoms with van der Waals surface area (Å²) in [6, 6.07) is 7.48. The van der Waals surface area contributed by atoms with Gasteiger partial charge in [-0.1, -0.05) is 17.3 Å². The summed E-state index contributed by atoms with van der Waals surface area (Å²) < 4.78 is 10.2. The van der Waals surface area contributed by atoms with Crippen LogP contribution in [-0.2, 0) is 0 Å². The van der Waals surface area contributed by atoms with Gasteiger partial charge in [0.25, 0.3) is 5.91 Å². The molecule has 5 nitrogen and oxygen atoms in total. The number of hydrogen-bond acceptors (Lipinski definition) is 4. The Morgan fingerprint density at radius 2 is 2.15 bits per heavy atom. The van der Waals surface area contributed by atoms with Gasteiger partial charge in [-0.05, 0) is 38.5 Å². The molecule has 1 amide bonds. The minimum atomic E-state index is -0.184. The number of carbonyl (C=O) groups excluding carboxylic acids is 1. The van der Waals surface area contributed by atoms with Crippen LogP contribution in [0, 0.1) is 13.8 Å². The lowest BCUT2D eigenvalue weighted by molar-refractivity contribution is 0.0938. The number of nitrogens with one attached hydrogen (secondary N) is 1. The Morgan fingerprint density at radius 3 is 2.75 bits per heavy atom. The molecule has 0 aliphatic carbocycles. The van der Waals surface area contributed by atoms with E-state index >= 15 is 0 Å². The second-order valence-electron chi connectivity index (χ2n) is 4.67. The molecule has 1 N–H and O–H groups in total. The molecule has 0 saturated heterocycles. The van der Waals surface area contributed by atoms with Crippen LogP contribution in [-0.4, -0.2) is 18.2 Å². The molecule has 0 radical (unpaired) electrons. The molecule has 1 heterocycles. The van der Waals surface area contributed by atoms with E-state index < -0.39 is 0 Å². The number of aromatic nitrogens is 1. The molecule has 0 saturated carbocycles. The standard InChI is InChI=1S/C15H18N2O3/c1-9(12-6-5-7-13(8-12)19-4)16-15(18)14-10(2)17-20-11(14)3/h5-9H,1-4H3,(H,16,18)/t9-/m0/s1. The molecule has 0 aliphatic rings. The molecule has 0 spiro atoms. The summed E-state index contributed by atoms with van der Waals surface area (Å²) in [7, 11) is 1.62. The van der Waals surface area contributed by atoms with Gasteiger partial charge in [-0.15, -0.1) is 0 Å². The topological polar surface area (TPSA) is 64.4 Å². The summed E-state index contributed by atoms with van der Waals surface area (Å²) in [4.78, 5) is 12.2. The third-order valence-electron chi connectivity index (χ3n) is 3.20. The second kappa shape index (κ2) is 5.77. The van der Waals surface area contributed by atoms with Gasteiger partial charge >= 0.3 is 0 Å². The summed E-state index contributed by atoms with van der Waals surface area (Å²) in [5, 5.41) is 6.73. The van der Waals surface area contributed by atoms with Crippen molar-refractivity contribution in [2.45, 2.75) is 26.8 Å². The highest BCUT2D eigenvalue weighted by Gasteiger charge is 2.19. The van der Waals surface area contributed by atoms with Crippen molar-refractivity contribution in [3.8, 4) is 5.75 Å². The van der Waals surface area contributed by atoms with Crippen molar-refractivity contribution in [1.82, 2.24) is 10.5 Å². The number of aryl methyl sites for hydroxylation is 2. The van der Waals surface area contributed by atoms with Crippen molar-refractivity contribution in [2.75, 3.05) is 7.11 Å². The number of amides is 1. The smallest absolute Gasteiger partial charge is 0.257 e. The highest BCUT2D eigenvalue weighted by atomic mass is 16.5. The Morgan fingerprint density at radius 1 is 1.40 bits per heavy atom. The maximum Gasteiger partial charge on any atom is 0.257 e. The Kier molecular flexibility index (Phi) is 4.08. The first kappa shape index (κ1) is 14.1. The van der Waals surface area contributed by atoms with Gasteiger partial charge in [-0.3, -0.25) is 4.79 Å². The lowest BCUT2D eigenvalue weighted by Gasteiger charge is -2.15. The highest BCUT2D eigenvalue weighted by molar-refractivity contribution is 5.96. The predicted octanol–water partition coefficient (Wildman–Crippen LogP) is 2.79. The minimum Gasteiger partial charge on any atom is -0.497 e. The highest BCUT2D eigenvalue weighted by Crippen LogP contribution is 2.20. The maximum absolute atomic E-state index is 12.2. The molecule has 0 fully saturated rings. The van der Waals surface area contributed by atoms with Crippen molar-refractivity contribution in [3.05, 3.63) is 46.8 Å². The lowest BCUT2D eigenvalue weighted by Crippen LogP contribution is -2.27. The van der Waals surface area contributed by atoms with E-state index in [1.807, 2.05) is 31.2 Å². The second-order valence-corrected chi connectivity index (χ2v) is 4.67. The average molecular weight is 274 g/mol. The van der Waals surface area contributed by atoms with E-state index in [2.05, 4.69) is 10.5 Å². The fourth-order valence-electron chi connectivity index (χ4n) is 2.07.